The van der Waals surface area contributed by atoms with Crippen LogP contribution in [0, 0.1) is 6.92 Å². The third kappa shape index (κ3) is 1.98. The summed E-state index contributed by atoms with van der Waals surface area (Å²) in [4.78, 5) is 15.6. The standard InChI is InChI=1S/C15H15NO3S/c1-8-7-11-9(13(17)12(8)15(18)19)3-2-4-10(11)14-16-5-6-20-14/h5-7,10,17H,2-4H2,1H3,(H,18,19)/t10-/m1/s1. The Morgan fingerprint density at radius 3 is 2.95 bits per heavy atom. The van der Waals surface area contributed by atoms with Gasteiger partial charge in [-0.3, -0.25) is 0 Å². The summed E-state index contributed by atoms with van der Waals surface area (Å²) >= 11 is 1.61. The number of aromatic carboxylic acids is 1. The van der Waals surface area contributed by atoms with Crippen LogP contribution in [0.25, 0.3) is 0 Å². The Balaban J connectivity index is 2.18. The molecule has 0 bridgehead atoms. The van der Waals surface area contributed by atoms with Crippen molar-refractivity contribution >= 4 is 17.3 Å². The number of thiazole rings is 1. The number of aryl methyl sites for hydroxylation is 1. The maximum atomic E-state index is 11.3. The zero-order chi connectivity index (χ0) is 14.3. The summed E-state index contributed by atoms with van der Waals surface area (Å²) in [6.07, 6.45) is 4.44. The largest absolute Gasteiger partial charge is 0.507 e. The molecule has 20 heavy (non-hydrogen) atoms. The zero-order valence-electron chi connectivity index (χ0n) is 11.1. The molecule has 0 amide bonds. The number of phenols is 1. The number of hydrogen-bond acceptors (Lipinski definition) is 4. The summed E-state index contributed by atoms with van der Waals surface area (Å²) in [6.45, 7) is 1.73. The molecule has 0 radical (unpaired) electrons. The minimum absolute atomic E-state index is 0.0311. The number of carbonyl (C=O) groups is 1. The number of carboxylic acid groups (broad SMARTS) is 1. The fourth-order valence-electron chi connectivity index (χ4n) is 3.01. The van der Waals surface area contributed by atoms with Gasteiger partial charge in [0.2, 0.25) is 0 Å². The van der Waals surface area contributed by atoms with E-state index in [1.807, 2.05) is 11.4 Å². The number of aromatic hydroxyl groups is 1. The molecule has 4 nitrogen and oxygen atoms in total. The first-order valence-corrected chi connectivity index (χ1v) is 7.45. The second-order valence-electron chi connectivity index (χ2n) is 5.11. The summed E-state index contributed by atoms with van der Waals surface area (Å²) in [5, 5.41) is 22.5. The number of carboxylic acids is 1. The van der Waals surface area contributed by atoms with E-state index in [9.17, 15) is 15.0 Å². The van der Waals surface area contributed by atoms with Crippen molar-refractivity contribution in [1.82, 2.24) is 4.98 Å². The average Bonchev–Trinajstić information content (AvgIpc) is 2.91. The summed E-state index contributed by atoms with van der Waals surface area (Å²) in [5.74, 6) is -0.959. The molecule has 0 unspecified atom stereocenters. The Bertz CT molecular complexity index is 664. The van der Waals surface area contributed by atoms with Crippen molar-refractivity contribution in [3.8, 4) is 5.75 Å². The Labute approximate surface area is 120 Å². The van der Waals surface area contributed by atoms with Crippen LogP contribution in [0.1, 0.15) is 50.8 Å². The van der Waals surface area contributed by atoms with Crippen LogP contribution in [0.15, 0.2) is 17.6 Å². The van der Waals surface area contributed by atoms with Gasteiger partial charge in [0, 0.05) is 17.5 Å². The highest BCUT2D eigenvalue weighted by atomic mass is 32.1. The van der Waals surface area contributed by atoms with Crippen LogP contribution < -0.4 is 0 Å². The topological polar surface area (TPSA) is 70.4 Å². The van der Waals surface area contributed by atoms with E-state index in [1.54, 1.807) is 24.5 Å². The van der Waals surface area contributed by atoms with E-state index in [-0.39, 0.29) is 17.2 Å². The first-order valence-electron chi connectivity index (χ1n) is 6.57. The third-order valence-corrected chi connectivity index (χ3v) is 4.79. The molecule has 104 valence electrons. The van der Waals surface area contributed by atoms with E-state index in [4.69, 9.17) is 0 Å². The molecule has 1 aromatic heterocycles. The number of nitrogens with zero attached hydrogens (tertiary/aromatic N) is 1. The SMILES string of the molecule is Cc1cc2c(c(O)c1C(=O)O)CCC[C@H]2c1nccs1. The van der Waals surface area contributed by atoms with E-state index in [0.717, 1.165) is 35.4 Å². The Morgan fingerprint density at radius 2 is 2.30 bits per heavy atom. The van der Waals surface area contributed by atoms with Gasteiger partial charge in [0.15, 0.2) is 0 Å². The normalized spacial score (nSPS) is 17.8. The average molecular weight is 289 g/mol. The van der Waals surface area contributed by atoms with Gasteiger partial charge >= 0.3 is 5.97 Å². The van der Waals surface area contributed by atoms with Crippen molar-refractivity contribution in [1.29, 1.82) is 0 Å². The highest BCUT2D eigenvalue weighted by molar-refractivity contribution is 7.09. The zero-order valence-corrected chi connectivity index (χ0v) is 11.9. The van der Waals surface area contributed by atoms with Crippen LogP contribution in [-0.2, 0) is 6.42 Å². The lowest BCUT2D eigenvalue weighted by molar-refractivity contribution is 0.0692. The maximum Gasteiger partial charge on any atom is 0.339 e. The predicted molar refractivity (Wildman–Crippen MR) is 76.7 cm³/mol. The lowest BCUT2D eigenvalue weighted by atomic mass is 9.80. The maximum absolute atomic E-state index is 11.3. The molecule has 0 fully saturated rings. The van der Waals surface area contributed by atoms with Gasteiger partial charge in [-0.05, 0) is 42.9 Å². The van der Waals surface area contributed by atoms with E-state index >= 15 is 0 Å². The first-order chi connectivity index (χ1) is 9.59. The van der Waals surface area contributed by atoms with Crippen molar-refractivity contribution < 1.29 is 15.0 Å². The quantitative estimate of drug-likeness (QED) is 0.889. The highest BCUT2D eigenvalue weighted by Crippen LogP contribution is 2.43. The predicted octanol–water partition coefficient (Wildman–Crippen LogP) is 3.32. The van der Waals surface area contributed by atoms with Crippen molar-refractivity contribution in [3.63, 3.8) is 0 Å². The van der Waals surface area contributed by atoms with E-state index in [1.165, 1.54) is 0 Å². The van der Waals surface area contributed by atoms with Gasteiger partial charge in [0.25, 0.3) is 0 Å². The van der Waals surface area contributed by atoms with Crippen molar-refractivity contribution in [2.45, 2.75) is 32.1 Å². The minimum atomic E-state index is -1.07. The minimum Gasteiger partial charge on any atom is -0.507 e. The van der Waals surface area contributed by atoms with Gasteiger partial charge in [0.1, 0.15) is 11.3 Å². The van der Waals surface area contributed by atoms with E-state index in [0.29, 0.717) is 5.56 Å². The third-order valence-electron chi connectivity index (χ3n) is 3.90. The number of benzene rings is 1. The second kappa shape index (κ2) is 4.90. The van der Waals surface area contributed by atoms with Gasteiger partial charge in [-0.15, -0.1) is 11.3 Å². The van der Waals surface area contributed by atoms with Gasteiger partial charge < -0.3 is 10.2 Å². The van der Waals surface area contributed by atoms with Crippen LogP contribution in [0.4, 0.5) is 0 Å². The molecular weight excluding hydrogens is 274 g/mol. The van der Waals surface area contributed by atoms with Crippen molar-refractivity contribution in [2.24, 2.45) is 0 Å². The highest BCUT2D eigenvalue weighted by Gasteiger charge is 2.29. The van der Waals surface area contributed by atoms with Crippen LogP contribution in [0.2, 0.25) is 0 Å². The fourth-order valence-corrected chi connectivity index (χ4v) is 3.80. The molecule has 1 aliphatic carbocycles. The van der Waals surface area contributed by atoms with E-state index in [2.05, 4.69) is 4.98 Å². The molecule has 1 atom stereocenters. The number of hydrogen-bond donors (Lipinski definition) is 2. The Kier molecular flexibility index (Phi) is 3.22. The van der Waals surface area contributed by atoms with Crippen LogP contribution in [0.3, 0.4) is 0 Å². The summed E-state index contributed by atoms with van der Waals surface area (Å²) < 4.78 is 0. The van der Waals surface area contributed by atoms with Gasteiger partial charge in [0.05, 0.1) is 5.01 Å². The first kappa shape index (κ1) is 13.1. The van der Waals surface area contributed by atoms with Gasteiger partial charge in [-0.1, -0.05) is 6.07 Å². The molecule has 0 saturated carbocycles. The molecule has 3 rings (SSSR count). The molecule has 5 heteroatoms. The summed E-state index contributed by atoms with van der Waals surface area (Å²) in [7, 11) is 0. The lowest BCUT2D eigenvalue weighted by Crippen LogP contribution is -2.14. The van der Waals surface area contributed by atoms with Gasteiger partial charge in [-0.25, -0.2) is 9.78 Å². The number of aromatic nitrogens is 1. The number of fused-ring (bicyclic) bond motifs is 1. The van der Waals surface area contributed by atoms with Crippen LogP contribution in [0.5, 0.6) is 5.75 Å². The molecule has 1 heterocycles. The molecule has 1 aromatic carbocycles. The Hall–Kier alpha value is -1.88. The summed E-state index contributed by atoms with van der Waals surface area (Å²) in [6, 6.07) is 1.91. The van der Waals surface area contributed by atoms with Crippen LogP contribution in [-0.4, -0.2) is 21.2 Å². The summed E-state index contributed by atoms with van der Waals surface area (Å²) in [5.41, 5.74) is 2.45. The molecule has 2 N–H and O–H groups in total. The lowest BCUT2D eigenvalue weighted by Gasteiger charge is -2.26. The van der Waals surface area contributed by atoms with Crippen molar-refractivity contribution in [3.05, 3.63) is 44.9 Å². The Morgan fingerprint density at radius 1 is 1.50 bits per heavy atom. The molecule has 0 aliphatic heterocycles. The molecule has 0 spiro atoms. The second-order valence-corrected chi connectivity index (χ2v) is 6.03. The fraction of sp³-hybridized carbons (Fsp3) is 0.333. The molecule has 2 aromatic rings. The van der Waals surface area contributed by atoms with Gasteiger partial charge in [-0.2, -0.15) is 0 Å². The van der Waals surface area contributed by atoms with E-state index < -0.39 is 5.97 Å². The molecule has 0 saturated heterocycles. The monoisotopic (exact) mass is 289 g/mol. The molecule has 1 aliphatic rings. The number of rotatable bonds is 2. The van der Waals surface area contributed by atoms with Crippen LogP contribution >= 0.6 is 11.3 Å². The van der Waals surface area contributed by atoms with Crippen molar-refractivity contribution in [2.75, 3.05) is 0 Å². The molecular formula is C15H15NO3S. The smallest absolute Gasteiger partial charge is 0.339 e.